The third-order valence-electron chi connectivity index (χ3n) is 12.4. The van der Waals surface area contributed by atoms with Crippen molar-refractivity contribution in [2.24, 2.45) is 46.3 Å². The molecule has 3 saturated carbocycles. The van der Waals surface area contributed by atoms with Crippen molar-refractivity contribution in [3.8, 4) is 0 Å². The largest absolute Gasteiger partial charge is 0.393 e. The molecule has 0 radical (unpaired) electrons. The fourth-order valence-corrected chi connectivity index (χ4v) is 10.5. The summed E-state index contributed by atoms with van der Waals surface area (Å²) in [6.45, 7) is 11.7. The first-order valence-electron chi connectivity index (χ1n) is 17.5. The highest BCUT2D eigenvalue weighted by atomic mass is 32.2. The Morgan fingerprint density at radius 3 is 2.46 bits per heavy atom. The van der Waals surface area contributed by atoms with Crippen molar-refractivity contribution in [1.82, 2.24) is 10.3 Å². The summed E-state index contributed by atoms with van der Waals surface area (Å²) < 4.78 is 26.7. The molecule has 0 saturated heterocycles. The van der Waals surface area contributed by atoms with Crippen LogP contribution in [0.1, 0.15) is 92.4 Å². The zero-order valence-electron chi connectivity index (χ0n) is 29.1. The second kappa shape index (κ2) is 13.6. The van der Waals surface area contributed by atoms with Gasteiger partial charge in [0.2, 0.25) is 0 Å². The minimum absolute atomic E-state index is 0.146. The van der Waals surface area contributed by atoms with Gasteiger partial charge in [-0.15, -0.1) is 4.83 Å². The van der Waals surface area contributed by atoms with Crippen molar-refractivity contribution in [2.75, 3.05) is 19.0 Å². The maximum absolute atomic E-state index is 13.5. The van der Waals surface area contributed by atoms with Gasteiger partial charge in [0.25, 0.3) is 10.0 Å². The predicted molar refractivity (Wildman–Crippen MR) is 188 cm³/mol. The van der Waals surface area contributed by atoms with Gasteiger partial charge >= 0.3 is 0 Å². The maximum Gasteiger partial charge on any atom is 0.257 e. The van der Waals surface area contributed by atoms with E-state index in [0.29, 0.717) is 36.5 Å². The Hall–Kier alpha value is -2.42. The van der Waals surface area contributed by atoms with Crippen LogP contribution in [0.25, 0.3) is 10.8 Å². The Morgan fingerprint density at radius 1 is 1.00 bits per heavy atom. The topological polar surface area (TPSA) is 98.7 Å². The number of nitrogens with one attached hydrogen (secondary N) is 2. The minimum atomic E-state index is -3.82. The normalized spacial score (nSPS) is 32.6. The van der Waals surface area contributed by atoms with E-state index in [1.54, 1.807) is 18.3 Å². The predicted octanol–water partition coefficient (Wildman–Crippen LogP) is 7.45. The van der Waals surface area contributed by atoms with E-state index in [2.05, 4.69) is 51.0 Å². The highest BCUT2D eigenvalue weighted by Gasteiger charge is 2.58. The summed E-state index contributed by atoms with van der Waals surface area (Å²) >= 11 is 0. The van der Waals surface area contributed by atoms with E-state index in [0.717, 1.165) is 35.7 Å². The van der Waals surface area contributed by atoms with Crippen molar-refractivity contribution in [3.05, 3.63) is 48.7 Å². The molecule has 8 atom stereocenters. The summed E-state index contributed by atoms with van der Waals surface area (Å²) in [5, 5.41) is 12.1. The van der Waals surface area contributed by atoms with Crippen LogP contribution < -0.4 is 15.2 Å². The van der Waals surface area contributed by atoms with E-state index in [9.17, 15) is 18.3 Å². The fourth-order valence-electron chi connectivity index (χ4n) is 9.66. The van der Waals surface area contributed by atoms with Crippen molar-refractivity contribution in [1.29, 1.82) is 0 Å². The van der Waals surface area contributed by atoms with Crippen LogP contribution in [0.4, 0.5) is 5.69 Å². The lowest BCUT2D eigenvalue weighted by atomic mass is 9.50. The van der Waals surface area contributed by atoms with Crippen LogP contribution in [0.15, 0.2) is 53.6 Å². The molecule has 5 rings (SSSR count). The van der Waals surface area contributed by atoms with Crippen LogP contribution in [0.2, 0.25) is 0 Å². The molecule has 3 N–H and O–H groups in total. The lowest BCUT2D eigenvalue weighted by molar-refractivity contribution is -0.143. The van der Waals surface area contributed by atoms with Gasteiger partial charge in [-0.2, -0.15) is 0 Å². The molecule has 7 nitrogen and oxygen atoms in total. The number of nitrogens with zero attached hydrogens (tertiary/aromatic N) is 1. The molecule has 2 aromatic carbocycles. The fraction of sp³-hybridized carbons (Fsp3) is 0.658. The molecule has 0 aliphatic heterocycles. The zero-order chi connectivity index (χ0) is 33.4. The second-order valence-electron chi connectivity index (χ2n) is 15.9. The molecule has 8 heteroatoms. The van der Waals surface area contributed by atoms with Gasteiger partial charge in [-0.1, -0.05) is 71.7 Å². The third-order valence-corrected chi connectivity index (χ3v) is 13.6. The molecular weight excluding hydrogens is 595 g/mol. The summed E-state index contributed by atoms with van der Waals surface area (Å²) in [4.78, 5) is 18.3. The lowest BCUT2D eigenvalue weighted by Crippen LogP contribution is -2.51. The lowest BCUT2D eigenvalue weighted by Gasteiger charge is -2.54. The summed E-state index contributed by atoms with van der Waals surface area (Å²) in [7, 11) is 0.132. The van der Waals surface area contributed by atoms with Gasteiger partial charge < -0.3 is 15.4 Å². The maximum atomic E-state index is 13.5. The monoisotopic (exact) mass is 651 g/mol. The van der Waals surface area contributed by atoms with Crippen LogP contribution in [0, 0.1) is 46.3 Å². The van der Waals surface area contributed by atoms with Gasteiger partial charge in [-0.25, -0.2) is 8.42 Å². The average molecular weight is 652 g/mol. The Kier molecular flexibility index (Phi) is 10.3. The standard InChI is InChI=1S/C38H57N3O4S/c1-25(2)11-12-26(3)32-15-16-33-31(34(18-21-37(32,33)4)38(5)20-17-28(42)24-36(38)43)19-22-39-40-46(44,45)29-13-14-30-27(23-29)9-8-10-35(30)41(6)7/h8-10,13-14,19,22-23,25-26,28,31-34,39-40,42H,11-12,15-18,20-21,24H2,1-7H3/t26-,28+,31?,32-,33?,34?,37-,38-/m1/s1. The highest BCUT2D eigenvalue weighted by Crippen LogP contribution is 2.64. The van der Waals surface area contributed by atoms with E-state index in [1.165, 1.54) is 19.3 Å². The molecule has 0 spiro atoms. The van der Waals surface area contributed by atoms with E-state index in [1.807, 2.05) is 43.3 Å². The Balaban J connectivity index is 1.37. The average Bonchev–Trinajstić information content (AvgIpc) is 3.36. The number of allylic oxidation sites excluding steroid dienone is 1. The number of benzene rings is 2. The molecule has 2 aromatic rings. The second-order valence-corrected chi connectivity index (χ2v) is 17.6. The molecule has 0 heterocycles. The Labute approximate surface area is 277 Å². The van der Waals surface area contributed by atoms with Crippen molar-refractivity contribution in [3.63, 3.8) is 0 Å². The van der Waals surface area contributed by atoms with Crippen molar-refractivity contribution in [2.45, 2.75) is 103 Å². The number of hydrazine groups is 1. The number of sulfonamides is 1. The van der Waals surface area contributed by atoms with E-state index in [4.69, 9.17) is 0 Å². The smallest absolute Gasteiger partial charge is 0.257 e. The summed E-state index contributed by atoms with van der Waals surface area (Å²) in [5.41, 5.74) is 3.65. The summed E-state index contributed by atoms with van der Waals surface area (Å²) in [6.07, 6.45) is 11.9. The molecule has 254 valence electrons. The first-order valence-corrected chi connectivity index (χ1v) is 19.0. The number of fused-ring (bicyclic) bond motifs is 2. The highest BCUT2D eigenvalue weighted by molar-refractivity contribution is 7.89. The first-order chi connectivity index (χ1) is 21.7. The van der Waals surface area contributed by atoms with E-state index in [-0.39, 0.29) is 34.4 Å². The van der Waals surface area contributed by atoms with Crippen LogP contribution in [-0.2, 0) is 14.8 Å². The number of carbonyl (C=O) groups is 1. The first kappa shape index (κ1) is 34.9. The number of ketones is 1. The Morgan fingerprint density at radius 2 is 1.76 bits per heavy atom. The van der Waals surface area contributed by atoms with Gasteiger partial charge in [-0.3, -0.25) is 4.79 Å². The van der Waals surface area contributed by atoms with Crippen LogP contribution in [-0.4, -0.2) is 39.5 Å². The van der Waals surface area contributed by atoms with Crippen LogP contribution >= 0.6 is 0 Å². The number of hydrogen-bond acceptors (Lipinski definition) is 6. The molecular formula is C38H57N3O4S. The van der Waals surface area contributed by atoms with Crippen molar-refractivity contribution < 1.29 is 18.3 Å². The number of aliphatic hydroxyl groups is 1. The molecule has 3 aliphatic rings. The summed E-state index contributed by atoms with van der Waals surface area (Å²) in [5.74, 6) is 2.92. The number of rotatable bonds is 11. The molecule has 3 unspecified atom stereocenters. The summed E-state index contributed by atoms with van der Waals surface area (Å²) in [6, 6.07) is 11.1. The number of carbonyl (C=O) groups excluding carboxylic acids is 1. The van der Waals surface area contributed by atoms with Gasteiger partial charge in [0.1, 0.15) is 5.78 Å². The van der Waals surface area contributed by atoms with Gasteiger partial charge in [0.15, 0.2) is 0 Å². The van der Waals surface area contributed by atoms with Gasteiger partial charge in [-0.05, 0) is 103 Å². The van der Waals surface area contributed by atoms with Gasteiger partial charge in [0, 0.05) is 43.2 Å². The molecule has 46 heavy (non-hydrogen) atoms. The van der Waals surface area contributed by atoms with E-state index < -0.39 is 21.5 Å². The Bertz CT molecular complexity index is 1540. The third kappa shape index (κ3) is 6.77. The van der Waals surface area contributed by atoms with Gasteiger partial charge in [0.05, 0.1) is 11.0 Å². The number of Topliss-reactive ketones (excluding diaryl/α,β-unsaturated/α-hetero) is 1. The molecule has 0 bridgehead atoms. The number of anilines is 1. The molecule has 3 aliphatic carbocycles. The quantitative estimate of drug-likeness (QED) is 0.218. The molecule has 0 amide bonds. The molecule has 0 aromatic heterocycles. The molecule has 3 fully saturated rings. The SMILES string of the molecule is CC(C)CC[C@@H](C)[C@H]1CCC2C(C=CNNS(=O)(=O)c3ccc4c(N(C)C)cccc4c3)C([C@@]3(C)CC[C@H](O)CC3=O)CC[C@@]21C. The van der Waals surface area contributed by atoms with Crippen LogP contribution in [0.3, 0.4) is 0 Å². The van der Waals surface area contributed by atoms with Crippen molar-refractivity contribution >= 4 is 32.3 Å². The number of aliphatic hydroxyl groups excluding tert-OH is 1. The van der Waals surface area contributed by atoms with E-state index >= 15 is 0 Å². The number of hydrogen-bond donors (Lipinski definition) is 3. The zero-order valence-corrected chi connectivity index (χ0v) is 29.9. The van der Waals surface area contributed by atoms with Crippen LogP contribution in [0.5, 0.6) is 0 Å². The minimum Gasteiger partial charge on any atom is -0.393 e.